The van der Waals surface area contributed by atoms with Crippen LogP contribution in [0.2, 0.25) is 0 Å². The molecule has 3 heteroatoms. The Hall–Kier alpha value is -1.61. The predicted octanol–water partition coefficient (Wildman–Crippen LogP) is 3.58. The van der Waals surface area contributed by atoms with Gasteiger partial charge < -0.3 is 5.32 Å². The van der Waals surface area contributed by atoms with Crippen LogP contribution >= 0.6 is 0 Å². The molecular weight excluding hydrogens is 258 g/mol. The van der Waals surface area contributed by atoms with Crippen molar-refractivity contribution in [2.45, 2.75) is 44.7 Å². The zero-order valence-electron chi connectivity index (χ0n) is 12.7. The first-order valence-electron chi connectivity index (χ1n) is 8.18. The maximum absolute atomic E-state index is 4.75. The number of fused-ring (bicyclic) bond motifs is 2. The van der Waals surface area contributed by atoms with Crippen LogP contribution in [0.25, 0.3) is 10.9 Å². The number of para-hydroxylation sites is 1. The van der Waals surface area contributed by atoms with Crippen LogP contribution in [0.4, 0.5) is 5.69 Å². The first-order valence-corrected chi connectivity index (χ1v) is 8.18. The van der Waals surface area contributed by atoms with E-state index in [1.165, 1.54) is 49.8 Å². The quantitative estimate of drug-likeness (QED) is 0.912. The molecule has 2 aliphatic heterocycles. The van der Waals surface area contributed by atoms with Crippen molar-refractivity contribution >= 4 is 16.6 Å². The SMILES string of the molecule is Cc1ccc2cccc(NC3CCN4CCCCC34)c2n1. The molecule has 3 nitrogen and oxygen atoms in total. The maximum Gasteiger partial charge on any atom is 0.0936 e. The van der Waals surface area contributed by atoms with Gasteiger partial charge in [0.05, 0.1) is 11.2 Å². The highest BCUT2D eigenvalue weighted by molar-refractivity contribution is 5.90. The van der Waals surface area contributed by atoms with E-state index in [0.29, 0.717) is 6.04 Å². The van der Waals surface area contributed by atoms with Gasteiger partial charge in [0.2, 0.25) is 0 Å². The van der Waals surface area contributed by atoms with Gasteiger partial charge in [-0.2, -0.15) is 0 Å². The zero-order valence-corrected chi connectivity index (χ0v) is 12.7. The van der Waals surface area contributed by atoms with Gasteiger partial charge in [0, 0.05) is 29.7 Å². The second kappa shape index (κ2) is 5.30. The summed E-state index contributed by atoms with van der Waals surface area (Å²) >= 11 is 0. The summed E-state index contributed by atoms with van der Waals surface area (Å²) in [5.41, 5.74) is 3.41. The molecule has 2 atom stereocenters. The Morgan fingerprint density at radius 2 is 2.05 bits per heavy atom. The highest BCUT2D eigenvalue weighted by Gasteiger charge is 2.35. The predicted molar refractivity (Wildman–Crippen MR) is 87.7 cm³/mol. The van der Waals surface area contributed by atoms with Gasteiger partial charge in [0.15, 0.2) is 0 Å². The summed E-state index contributed by atoms with van der Waals surface area (Å²) in [5.74, 6) is 0. The summed E-state index contributed by atoms with van der Waals surface area (Å²) in [5, 5.41) is 5.03. The maximum atomic E-state index is 4.75. The number of pyridine rings is 1. The van der Waals surface area contributed by atoms with Crippen LogP contribution in [0.15, 0.2) is 30.3 Å². The largest absolute Gasteiger partial charge is 0.379 e. The van der Waals surface area contributed by atoms with E-state index < -0.39 is 0 Å². The van der Waals surface area contributed by atoms with Crippen LogP contribution in [0.5, 0.6) is 0 Å². The molecular formula is C18H23N3. The molecule has 1 aromatic heterocycles. The van der Waals surface area contributed by atoms with E-state index in [1.807, 2.05) is 0 Å². The van der Waals surface area contributed by atoms with Crippen LogP contribution in [0, 0.1) is 6.92 Å². The Labute approximate surface area is 126 Å². The number of aryl methyl sites for hydroxylation is 1. The second-order valence-electron chi connectivity index (χ2n) is 6.47. The van der Waals surface area contributed by atoms with E-state index in [4.69, 9.17) is 4.98 Å². The number of aromatic nitrogens is 1. The third-order valence-corrected chi connectivity index (χ3v) is 5.06. The first-order chi connectivity index (χ1) is 10.3. The molecule has 2 saturated heterocycles. The van der Waals surface area contributed by atoms with E-state index in [2.05, 4.69) is 47.5 Å². The van der Waals surface area contributed by atoms with Crippen LogP contribution in [0.3, 0.4) is 0 Å². The van der Waals surface area contributed by atoms with Gasteiger partial charge in [0.25, 0.3) is 0 Å². The minimum absolute atomic E-state index is 0.582. The number of nitrogens with zero attached hydrogens (tertiary/aromatic N) is 2. The third-order valence-electron chi connectivity index (χ3n) is 5.06. The Kier molecular flexibility index (Phi) is 3.30. The lowest BCUT2D eigenvalue weighted by molar-refractivity contribution is 0.193. The molecule has 2 fully saturated rings. The van der Waals surface area contributed by atoms with Gasteiger partial charge in [-0.3, -0.25) is 9.88 Å². The molecule has 110 valence electrons. The molecule has 2 aliphatic rings. The molecule has 0 amide bonds. The molecule has 0 aliphatic carbocycles. The van der Waals surface area contributed by atoms with Crippen molar-refractivity contribution in [2.24, 2.45) is 0 Å². The summed E-state index contributed by atoms with van der Waals surface area (Å²) in [6, 6.07) is 12.0. The fourth-order valence-corrected chi connectivity index (χ4v) is 3.98. The van der Waals surface area contributed by atoms with E-state index in [9.17, 15) is 0 Å². The second-order valence-corrected chi connectivity index (χ2v) is 6.47. The number of anilines is 1. The molecule has 0 radical (unpaired) electrons. The van der Waals surface area contributed by atoms with E-state index in [0.717, 1.165) is 17.3 Å². The van der Waals surface area contributed by atoms with Crippen LogP contribution in [-0.2, 0) is 0 Å². The summed E-state index contributed by atoms with van der Waals surface area (Å²) in [6.07, 6.45) is 5.35. The van der Waals surface area contributed by atoms with Crippen molar-refractivity contribution in [1.29, 1.82) is 0 Å². The van der Waals surface area contributed by atoms with E-state index in [1.54, 1.807) is 0 Å². The lowest BCUT2D eigenvalue weighted by Gasteiger charge is -2.33. The lowest BCUT2D eigenvalue weighted by atomic mass is 9.98. The highest BCUT2D eigenvalue weighted by Crippen LogP contribution is 2.31. The van der Waals surface area contributed by atoms with Crippen LogP contribution < -0.4 is 5.32 Å². The smallest absolute Gasteiger partial charge is 0.0936 e. The average Bonchev–Trinajstić information content (AvgIpc) is 2.91. The third kappa shape index (κ3) is 2.40. The van der Waals surface area contributed by atoms with E-state index >= 15 is 0 Å². The van der Waals surface area contributed by atoms with Gasteiger partial charge in [-0.15, -0.1) is 0 Å². The van der Waals surface area contributed by atoms with Gasteiger partial charge in [0.1, 0.15) is 0 Å². The molecule has 1 N–H and O–H groups in total. The lowest BCUT2D eigenvalue weighted by Crippen LogP contribution is -2.41. The summed E-state index contributed by atoms with van der Waals surface area (Å²) < 4.78 is 0. The number of nitrogens with one attached hydrogen (secondary N) is 1. The standard InChI is InChI=1S/C18H23N3/c1-13-8-9-14-5-4-6-16(18(14)19-13)20-15-10-12-21-11-3-2-7-17(15)21/h4-6,8-9,15,17,20H,2-3,7,10-12H2,1H3. The number of hydrogen-bond acceptors (Lipinski definition) is 3. The number of hydrogen-bond donors (Lipinski definition) is 1. The molecule has 1 aromatic carbocycles. The minimum atomic E-state index is 0.582. The molecule has 0 saturated carbocycles. The fourth-order valence-electron chi connectivity index (χ4n) is 3.98. The summed E-state index contributed by atoms with van der Waals surface area (Å²) in [7, 11) is 0. The molecule has 3 heterocycles. The van der Waals surface area contributed by atoms with Crippen molar-refractivity contribution < 1.29 is 0 Å². The van der Waals surface area contributed by atoms with Gasteiger partial charge in [-0.05, 0) is 44.9 Å². The highest BCUT2D eigenvalue weighted by atomic mass is 15.2. The number of benzene rings is 1. The Bertz CT molecular complexity index is 652. The molecule has 0 spiro atoms. The minimum Gasteiger partial charge on any atom is -0.379 e. The molecule has 4 rings (SSSR count). The van der Waals surface area contributed by atoms with Crippen molar-refractivity contribution in [3.63, 3.8) is 0 Å². The average molecular weight is 281 g/mol. The number of rotatable bonds is 2. The van der Waals surface area contributed by atoms with Gasteiger partial charge >= 0.3 is 0 Å². The van der Waals surface area contributed by atoms with Gasteiger partial charge in [-0.1, -0.05) is 24.6 Å². The summed E-state index contributed by atoms with van der Waals surface area (Å²) in [4.78, 5) is 7.42. The van der Waals surface area contributed by atoms with Crippen molar-refractivity contribution in [3.05, 3.63) is 36.0 Å². The Balaban J connectivity index is 1.64. The fraction of sp³-hybridized carbons (Fsp3) is 0.500. The van der Waals surface area contributed by atoms with Crippen LogP contribution in [-0.4, -0.2) is 35.1 Å². The Morgan fingerprint density at radius 3 is 3.00 bits per heavy atom. The molecule has 0 bridgehead atoms. The zero-order chi connectivity index (χ0) is 14.2. The topological polar surface area (TPSA) is 28.2 Å². The molecule has 21 heavy (non-hydrogen) atoms. The normalized spacial score (nSPS) is 26.0. The van der Waals surface area contributed by atoms with E-state index in [-0.39, 0.29) is 0 Å². The van der Waals surface area contributed by atoms with Crippen molar-refractivity contribution in [2.75, 3.05) is 18.4 Å². The monoisotopic (exact) mass is 281 g/mol. The first kappa shape index (κ1) is 13.1. The van der Waals surface area contributed by atoms with Gasteiger partial charge in [-0.25, -0.2) is 0 Å². The summed E-state index contributed by atoms with van der Waals surface area (Å²) in [6.45, 7) is 4.60. The number of piperidine rings is 1. The molecule has 2 aromatic rings. The van der Waals surface area contributed by atoms with Crippen molar-refractivity contribution in [1.82, 2.24) is 9.88 Å². The Morgan fingerprint density at radius 1 is 1.10 bits per heavy atom. The van der Waals surface area contributed by atoms with Crippen molar-refractivity contribution in [3.8, 4) is 0 Å². The van der Waals surface area contributed by atoms with Crippen LogP contribution in [0.1, 0.15) is 31.4 Å². The molecule has 2 unspecified atom stereocenters.